The summed E-state index contributed by atoms with van der Waals surface area (Å²) in [5.41, 5.74) is 0.973. The molecule has 4 atom stereocenters. The normalized spacial score (nSPS) is 28.8. The molecule has 2 aliphatic heterocycles. The molecule has 3 rings (SSSR count). The average molecular weight is 312 g/mol. The van der Waals surface area contributed by atoms with Gasteiger partial charge in [0.1, 0.15) is 18.5 Å². The van der Waals surface area contributed by atoms with Gasteiger partial charge in [-0.2, -0.15) is 0 Å². The van der Waals surface area contributed by atoms with Crippen LogP contribution < -0.4 is 10.1 Å². The molecule has 5 heteroatoms. The summed E-state index contributed by atoms with van der Waals surface area (Å²) >= 11 is 5.97. The minimum Gasteiger partial charge on any atom is -0.491 e. The second-order valence-electron chi connectivity index (χ2n) is 6.00. The van der Waals surface area contributed by atoms with Crippen molar-refractivity contribution >= 4 is 11.6 Å². The van der Waals surface area contributed by atoms with Crippen LogP contribution in [0.5, 0.6) is 5.75 Å². The summed E-state index contributed by atoms with van der Waals surface area (Å²) in [6, 6.07) is 5.89. The summed E-state index contributed by atoms with van der Waals surface area (Å²) in [5, 5.41) is 14.1. The summed E-state index contributed by atoms with van der Waals surface area (Å²) in [7, 11) is 0. The fourth-order valence-electron chi connectivity index (χ4n) is 3.10. The first-order chi connectivity index (χ1) is 10.1. The lowest BCUT2D eigenvalue weighted by Gasteiger charge is -2.22. The Morgan fingerprint density at radius 3 is 3.00 bits per heavy atom. The van der Waals surface area contributed by atoms with Gasteiger partial charge in [-0.25, -0.2) is 0 Å². The molecule has 4 unspecified atom stereocenters. The SMILES string of the molecule is Cc1cc(OCC(O)CNC2CC3CCC2O3)ccc1Cl. The summed E-state index contributed by atoms with van der Waals surface area (Å²) in [4.78, 5) is 0. The van der Waals surface area contributed by atoms with Gasteiger partial charge in [0.05, 0.1) is 12.2 Å². The number of ether oxygens (including phenoxy) is 2. The van der Waals surface area contributed by atoms with E-state index in [4.69, 9.17) is 21.1 Å². The predicted octanol–water partition coefficient (Wildman–Crippen LogP) is 2.30. The molecule has 116 valence electrons. The van der Waals surface area contributed by atoms with Crippen LogP contribution in [0.4, 0.5) is 0 Å². The summed E-state index contributed by atoms with van der Waals surface area (Å²) in [5.74, 6) is 0.735. The molecule has 0 saturated carbocycles. The minimum absolute atomic E-state index is 0.274. The van der Waals surface area contributed by atoms with Crippen molar-refractivity contribution in [1.82, 2.24) is 5.32 Å². The fourth-order valence-corrected chi connectivity index (χ4v) is 3.22. The van der Waals surface area contributed by atoms with Gasteiger partial charge in [-0.15, -0.1) is 0 Å². The van der Waals surface area contributed by atoms with Gasteiger partial charge in [0.2, 0.25) is 0 Å². The van der Waals surface area contributed by atoms with Crippen molar-refractivity contribution in [1.29, 1.82) is 0 Å². The van der Waals surface area contributed by atoms with Gasteiger partial charge >= 0.3 is 0 Å². The predicted molar refractivity (Wildman–Crippen MR) is 82.0 cm³/mol. The van der Waals surface area contributed by atoms with Gasteiger partial charge in [-0.05, 0) is 49.9 Å². The molecule has 0 aliphatic carbocycles. The first-order valence-electron chi connectivity index (χ1n) is 7.57. The summed E-state index contributed by atoms with van der Waals surface area (Å²) in [6.45, 7) is 2.74. The Morgan fingerprint density at radius 1 is 1.48 bits per heavy atom. The largest absolute Gasteiger partial charge is 0.491 e. The van der Waals surface area contributed by atoms with E-state index in [0.29, 0.717) is 24.8 Å². The number of aliphatic hydroxyl groups excluding tert-OH is 1. The zero-order chi connectivity index (χ0) is 14.8. The number of aryl methyl sites for hydroxylation is 1. The molecule has 2 N–H and O–H groups in total. The Bertz CT molecular complexity index is 496. The van der Waals surface area contributed by atoms with E-state index in [1.54, 1.807) is 0 Å². The van der Waals surface area contributed by atoms with E-state index < -0.39 is 6.10 Å². The number of hydrogen-bond acceptors (Lipinski definition) is 4. The van der Waals surface area contributed by atoms with Gasteiger partial charge in [-0.1, -0.05) is 11.6 Å². The highest BCUT2D eigenvalue weighted by Gasteiger charge is 2.40. The van der Waals surface area contributed by atoms with Crippen LogP contribution in [-0.2, 0) is 4.74 Å². The zero-order valence-corrected chi connectivity index (χ0v) is 13.0. The lowest BCUT2D eigenvalue weighted by Crippen LogP contribution is -2.42. The monoisotopic (exact) mass is 311 g/mol. The van der Waals surface area contributed by atoms with Crippen molar-refractivity contribution in [2.75, 3.05) is 13.2 Å². The van der Waals surface area contributed by atoms with Crippen molar-refractivity contribution in [3.63, 3.8) is 0 Å². The van der Waals surface area contributed by atoms with Crippen LogP contribution in [0.2, 0.25) is 5.02 Å². The molecule has 4 nitrogen and oxygen atoms in total. The maximum absolute atomic E-state index is 10.0. The van der Waals surface area contributed by atoms with Crippen molar-refractivity contribution in [2.24, 2.45) is 0 Å². The molecule has 0 radical (unpaired) electrons. The van der Waals surface area contributed by atoms with Crippen molar-refractivity contribution in [3.8, 4) is 5.75 Å². The Kier molecular flexibility index (Phi) is 4.69. The Labute approximate surface area is 130 Å². The van der Waals surface area contributed by atoms with Crippen molar-refractivity contribution in [3.05, 3.63) is 28.8 Å². The molecule has 1 aromatic rings. The molecule has 0 spiro atoms. The third-order valence-corrected chi connectivity index (χ3v) is 4.72. The smallest absolute Gasteiger partial charge is 0.119 e. The van der Waals surface area contributed by atoms with E-state index in [1.807, 2.05) is 25.1 Å². The lowest BCUT2D eigenvalue weighted by atomic mass is 9.95. The summed E-state index contributed by atoms with van der Waals surface area (Å²) in [6.07, 6.45) is 3.62. The number of hydrogen-bond donors (Lipinski definition) is 2. The van der Waals surface area contributed by atoms with Gasteiger partial charge < -0.3 is 19.9 Å². The van der Waals surface area contributed by atoms with Crippen LogP contribution in [0, 0.1) is 6.92 Å². The topological polar surface area (TPSA) is 50.7 Å². The van der Waals surface area contributed by atoms with Crippen LogP contribution in [-0.4, -0.2) is 42.6 Å². The number of aliphatic hydroxyl groups is 1. The number of nitrogens with one attached hydrogen (secondary N) is 1. The van der Waals surface area contributed by atoms with Crippen LogP contribution in [0.15, 0.2) is 18.2 Å². The van der Waals surface area contributed by atoms with E-state index in [2.05, 4.69) is 5.32 Å². The lowest BCUT2D eigenvalue weighted by molar-refractivity contribution is 0.0853. The zero-order valence-electron chi connectivity index (χ0n) is 12.2. The Hall–Kier alpha value is -0.810. The van der Waals surface area contributed by atoms with Crippen molar-refractivity contribution in [2.45, 2.75) is 50.5 Å². The van der Waals surface area contributed by atoms with Gasteiger partial charge in [0.15, 0.2) is 0 Å². The second-order valence-corrected chi connectivity index (χ2v) is 6.41. The maximum atomic E-state index is 10.0. The number of benzene rings is 1. The van der Waals surface area contributed by atoms with Crippen LogP contribution >= 0.6 is 11.6 Å². The first kappa shape index (κ1) is 15.1. The van der Waals surface area contributed by atoms with Gasteiger partial charge in [-0.3, -0.25) is 0 Å². The molecule has 2 fully saturated rings. The average Bonchev–Trinajstić information content (AvgIpc) is 3.09. The molecule has 2 aliphatic rings. The molecule has 1 aromatic carbocycles. The molecule has 2 saturated heterocycles. The van der Waals surface area contributed by atoms with E-state index >= 15 is 0 Å². The third kappa shape index (κ3) is 3.69. The Morgan fingerprint density at radius 2 is 2.33 bits per heavy atom. The highest BCUT2D eigenvalue weighted by Crippen LogP contribution is 2.34. The molecule has 0 amide bonds. The van der Waals surface area contributed by atoms with Gasteiger partial charge in [0.25, 0.3) is 0 Å². The highest BCUT2D eigenvalue weighted by atomic mass is 35.5. The number of rotatable bonds is 6. The Balaban J connectivity index is 1.40. The molecular formula is C16H22ClNO3. The summed E-state index contributed by atoms with van der Waals surface area (Å²) < 4.78 is 11.4. The maximum Gasteiger partial charge on any atom is 0.119 e. The van der Waals surface area contributed by atoms with Gasteiger partial charge in [0, 0.05) is 17.6 Å². The van der Waals surface area contributed by atoms with Crippen LogP contribution in [0.1, 0.15) is 24.8 Å². The van der Waals surface area contributed by atoms with Crippen LogP contribution in [0.25, 0.3) is 0 Å². The molecular weight excluding hydrogens is 290 g/mol. The minimum atomic E-state index is -0.528. The number of fused-ring (bicyclic) bond motifs is 2. The molecule has 2 bridgehead atoms. The molecule has 2 heterocycles. The third-order valence-electron chi connectivity index (χ3n) is 4.29. The van der Waals surface area contributed by atoms with Crippen LogP contribution in [0.3, 0.4) is 0 Å². The molecule has 0 aromatic heterocycles. The fraction of sp³-hybridized carbons (Fsp3) is 0.625. The van der Waals surface area contributed by atoms with Crippen molar-refractivity contribution < 1.29 is 14.6 Å². The highest BCUT2D eigenvalue weighted by molar-refractivity contribution is 6.31. The quantitative estimate of drug-likeness (QED) is 0.846. The second kappa shape index (κ2) is 6.53. The van der Waals surface area contributed by atoms with E-state index in [0.717, 1.165) is 29.2 Å². The van der Waals surface area contributed by atoms with E-state index in [-0.39, 0.29) is 6.61 Å². The van der Waals surface area contributed by atoms with E-state index in [1.165, 1.54) is 6.42 Å². The standard InChI is InChI=1S/C16H22ClNO3/c1-10-6-12(2-4-14(10)17)20-9-11(19)8-18-15-7-13-3-5-16(15)21-13/h2,4,6,11,13,15-16,18-19H,3,5,7-9H2,1H3. The first-order valence-corrected chi connectivity index (χ1v) is 7.95. The van der Waals surface area contributed by atoms with E-state index in [9.17, 15) is 5.11 Å². The number of halogens is 1. The molecule has 21 heavy (non-hydrogen) atoms.